The molecule has 0 radical (unpaired) electrons. The molecule has 1 amide bonds. The van der Waals surface area contributed by atoms with E-state index in [9.17, 15) is 4.79 Å². The van der Waals surface area contributed by atoms with Crippen molar-refractivity contribution in [3.8, 4) is 0 Å². The first-order chi connectivity index (χ1) is 7.68. The van der Waals surface area contributed by atoms with Gasteiger partial charge in [0.05, 0.1) is 6.04 Å². The Hall–Kier alpha value is -0.610. The van der Waals surface area contributed by atoms with Crippen molar-refractivity contribution in [1.29, 1.82) is 0 Å². The Bertz CT molecular complexity index is 251. The monoisotopic (exact) mass is 225 g/mol. The van der Waals surface area contributed by atoms with Gasteiger partial charge in [-0.25, -0.2) is 0 Å². The lowest BCUT2D eigenvalue weighted by Crippen LogP contribution is -2.56. The summed E-state index contributed by atoms with van der Waals surface area (Å²) >= 11 is 0. The molecule has 2 aliphatic heterocycles. The smallest absolute Gasteiger partial charge is 0.239 e. The second kappa shape index (κ2) is 5.15. The fourth-order valence-corrected chi connectivity index (χ4v) is 2.72. The Morgan fingerprint density at radius 3 is 2.94 bits per heavy atom. The Morgan fingerprint density at radius 1 is 1.44 bits per heavy atom. The zero-order valence-electron chi connectivity index (χ0n) is 10.4. The highest BCUT2D eigenvalue weighted by atomic mass is 16.2. The van der Waals surface area contributed by atoms with Gasteiger partial charge in [0.2, 0.25) is 5.91 Å². The van der Waals surface area contributed by atoms with E-state index in [1.807, 2.05) is 18.9 Å². The van der Waals surface area contributed by atoms with Crippen molar-refractivity contribution in [3.63, 3.8) is 0 Å². The second-order valence-corrected chi connectivity index (χ2v) is 5.14. The summed E-state index contributed by atoms with van der Waals surface area (Å²) in [6.45, 7) is 7.30. The van der Waals surface area contributed by atoms with Crippen LogP contribution in [0, 0.1) is 5.92 Å². The van der Waals surface area contributed by atoms with E-state index in [0.29, 0.717) is 0 Å². The molecular weight excluding hydrogens is 202 g/mol. The molecule has 4 heteroatoms. The third-order valence-corrected chi connectivity index (χ3v) is 3.90. The van der Waals surface area contributed by atoms with Crippen molar-refractivity contribution in [2.24, 2.45) is 5.92 Å². The molecular formula is C12H23N3O. The summed E-state index contributed by atoms with van der Waals surface area (Å²) in [6.07, 6.45) is 2.58. The van der Waals surface area contributed by atoms with Crippen LogP contribution in [0.4, 0.5) is 0 Å². The number of carbonyl (C=O) groups excluding carboxylic acids is 1. The molecule has 1 N–H and O–H groups in total. The molecule has 0 bridgehead atoms. The molecule has 0 aliphatic carbocycles. The third-order valence-electron chi connectivity index (χ3n) is 3.90. The molecule has 0 aromatic rings. The van der Waals surface area contributed by atoms with E-state index in [2.05, 4.69) is 10.2 Å². The predicted molar refractivity (Wildman–Crippen MR) is 64.3 cm³/mol. The molecule has 0 saturated carbocycles. The van der Waals surface area contributed by atoms with Crippen LogP contribution < -0.4 is 5.32 Å². The van der Waals surface area contributed by atoms with Crippen LogP contribution in [0.15, 0.2) is 0 Å². The van der Waals surface area contributed by atoms with E-state index in [1.54, 1.807) is 0 Å². The average Bonchev–Trinajstić information content (AvgIpc) is 2.31. The van der Waals surface area contributed by atoms with Gasteiger partial charge in [-0.05, 0) is 38.8 Å². The fraction of sp³-hybridized carbons (Fsp3) is 0.917. The minimum absolute atomic E-state index is 0.0701. The van der Waals surface area contributed by atoms with Crippen LogP contribution in [-0.4, -0.2) is 61.5 Å². The zero-order chi connectivity index (χ0) is 11.5. The SMILES string of the molecule is CC1C(=O)N(C)CCN1CC1CCCNC1. The van der Waals surface area contributed by atoms with Crippen molar-refractivity contribution in [2.45, 2.75) is 25.8 Å². The molecule has 2 heterocycles. The van der Waals surface area contributed by atoms with E-state index in [0.717, 1.165) is 38.6 Å². The molecule has 4 nitrogen and oxygen atoms in total. The van der Waals surface area contributed by atoms with Crippen molar-refractivity contribution in [1.82, 2.24) is 15.1 Å². The number of hydrogen-bond acceptors (Lipinski definition) is 3. The Labute approximate surface area is 98.0 Å². The molecule has 0 aromatic carbocycles. The van der Waals surface area contributed by atoms with Crippen LogP contribution >= 0.6 is 0 Å². The number of nitrogens with one attached hydrogen (secondary N) is 1. The highest BCUT2D eigenvalue weighted by Gasteiger charge is 2.30. The van der Waals surface area contributed by atoms with Crippen LogP contribution in [0.1, 0.15) is 19.8 Å². The van der Waals surface area contributed by atoms with Crippen molar-refractivity contribution < 1.29 is 4.79 Å². The molecule has 2 rings (SSSR count). The maximum absolute atomic E-state index is 11.8. The number of piperidine rings is 1. The van der Waals surface area contributed by atoms with Crippen LogP contribution in [0.2, 0.25) is 0 Å². The molecule has 0 spiro atoms. The van der Waals surface area contributed by atoms with Crippen molar-refractivity contribution in [2.75, 3.05) is 39.8 Å². The van der Waals surface area contributed by atoms with E-state index < -0.39 is 0 Å². The van der Waals surface area contributed by atoms with Gasteiger partial charge in [0.15, 0.2) is 0 Å². The van der Waals surface area contributed by atoms with Crippen molar-refractivity contribution in [3.05, 3.63) is 0 Å². The second-order valence-electron chi connectivity index (χ2n) is 5.14. The standard InChI is InChI=1S/C12H23N3O/c1-10-12(16)14(2)6-7-15(10)9-11-4-3-5-13-8-11/h10-11,13H,3-9H2,1-2H3. The summed E-state index contributed by atoms with van der Waals surface area (Å²) in [6, 6.07) is 0.0701. The molecule has 0 aromatic heterocycles. The van der Waals surface area contributed by atoms with Crippen LogP contribution in [0.25, 0.3) is 0 Å². The fourth-order valence-electron chi connectivity index (χ4n) is 2.72. The van der Waals surface area contributed by atoms with Crippen LogP contribution in [0.5, 0.6) is 0 Å². The molecule has 2 atom stereocenters. The first kappa shape index (κ1) is 11.9. The summed E-state index contributed by atoms with van der Waals surface area (Å²) in [4.78, 5) is 16.0. The predicted octanol–water partition coefficient (Wildman–Crippen LogP) is 0.149. The van der Waals surface area contributed by atoms with E-state index >= 15 is 0 Å². The van der Waals surface area contributed by atoms with Crippen LogP contribution in [0.3, 0.4) is 0 Å². The molecule has 16 heavy (non-hydrogen) atoms. The largest absolute Gasteiger partial charge is 0.343 e. The lowest BCUT2D eigenvalue weighted by atomic mass is 9.98. The number of piperazine rings is 1. The highest BCUT2D eigenvalue weighted by Crippen LogP contribution is 2.16. The topological polar surface area (TPSA) is 35.6 Å². The van der Waals surface area contributed by atoms with Crippen molar-refractivity contribution >= 4 is 5.91 Å². The summed E-state index contributed by atoms with van der Waals surface area (Å²) < 4.78 is 0. The average molecular weight is 225 g/mol. The maximum atomic E-state index is 11.8. The highest BCUT2D eigenvalue weighted by molar-refractivity contribution is 5.81. The van der Waals surface area contributed by atoms with Gasteiger partial charge < -0.3 is 10.2 Å². The molecule has 2 aliphatic rings. The van der Waals surface area contributed by atoms with E-state index in [4.69, 9.17) is 0 Å². The first-order valence-electron chi connectivity index (χ1n) is 6.38. The van der Waals surface area contributed by atoms with Gasteiger partial charge in [-0.1, -0.05) is 0 Å². The van der Waals surface area contributed by atoms with Gasteiger partial charge in [-0.15, -0.1) is 0 Å². The molecule has 92 valence electrons. The minimum Gasteiger partial charge on any atom is -0.343 e. The Balaban J connectivity index is 1.86. The van der Waals surface area contributed by atoms with Gasteiger partial charge in [0.25, 0.3) is 0 Å². The first-order valence-corrected chi connectivity index (χ1v) is 6.38. The van der Waals surface area contributed by atoms with Gasteiger partial charge in [-0.2, -0.15) is 0 Å². The Kier molecular flexibility index (Phi) is 3.82. The van der Waals surface area contributed by atoms with E-state index in [-0.39, 0.29) is 11.9 Å². The summed E-state index contributed by atoms with van der Waals surface area (Å²) in [5.41, 5.74) is 0. The van der Waals surface area contributed by atoms with Gasteiger partial charge in [0.1, 0.15) is 0 Å². The van der Waals surface area contributed by atoms with Gasteiger partial charge >= 0.3 is 0 Å². The quantitative estimate of drug-likeness (QED) is 0.726. The normalized spacial score (nSPS) is 33.1. The summed E-state index contributed by atoms with van der Waals surface area (Å²) in [7, 11) is 1.90. The zero-order valence-corrected chi connectivity index (χ0v) is 10.4. The maximum Gasteiger partial charge on any atom is 0.239 e. The molecule has 2 saturated heterocycles. The summed E-state index contributed by atoms with van der Waals surface area (Å²) in [5.74, 6) is 1.00. The lowest BCUT2D eigenvalue weighted by molar-refractivity contribution is -0.139. The summed E-state index contributed by atoms with van der Waals surface area (Å²) in [5, 5.41) is 3.44. The lowest BCUT2D eigenvalue weighted by Gasteiger charge is -2.39. The number of carbonyl (C=O) groups is 1. The van der Waals surface area contributed by atoms with E-state index in [1.165, 1.54) is 12.8 Å². The molecule has 2 unspecified atom stereocenters. The number of hydrogen-bond donors (Lipinski definition) is 1. The number of likely N-dealkylation sites (N-methyl/N-ethyl adjacent to an activating group) is 1. The number of amides is 1. The third kappa shape index (κ3) is 2.55. The van der Waals surface area contributed by atoms with Crippen LogP contribution in [-0.2, 0) is 4.79 Å². The van der Waals surface area contributed by atoms with Gasteiger partial charge in [-0.3, -0.25) is 9.69 Å². The Morgan fingerprint density at radius 2 is 2.25 bits per heavy atom. The minimum atomic E-state index is 0.0701. The molecule has 2 fully saturated rings. The number of nitrogens with zero attached hydrogens (tertiary/aromatic N) is 2. The van der Waals surface area contributed by atoms with Gasteiger partial charge in [0, 0.05) is 26.7 Å². The number of rotatable bonds is 2.